The predicted octanol–water partition coefficient (Wildman–Crippen LogP) is 0.186. The maximum atomic E-state index is 10.3. The second-order valence-corrected chi connectivity index (χ2v) is 2.69. The number of nitrogen functional groups attached to an aromatic ring is 1. The Balaban J connectivity index is 2.94. The summed E-state index contributed by atoms with van der Waals surface area (Å²) in [5.74, 6) is 0. The summed E-state index contributed by atoms with van der Waals surface area (Å²) < 4.78 is 0. The van der Waals surface area contributed by atoms with Gasteiger partial charge >= 0.3 is 0 Å². The molecule has 6 heteroatoms. The molecule has 1 aromatic heterocycles. The molecule has 0 aliphatic rings. The molecule has 0 bridgehead atoms. The number of anilines is 1. The second-order valence-electron chi connectivity index (χ2n) is 1.80. The molecule has 0 atom stereocenters. The summed E-state index contributed by atoms with van der Waals surface area (Å²) in [4.78, 5) is 18.5. The van der Waals surface area contributed by atoms with Gasteiger partial charge in [-0.1, -0.05) is 5.16 Å². The fourth-order valence-corrected chi connectivity index (χ4v) is 1.15. The van der Waals surface area contributed by atoms with E-state index in [1.807, 2.05) is 0 Å². The molecule has 0 fully saturated rings. The summed E-state index contributed by atoms with van der Waals surface area (Å²) in [5.41, 5.74) is 5.75. The van der Waals surface area contributed by atoms with Gasteiger partial charge in [0.15, 0.2) is 10.8 Å². The van der Waals surface area contributed by atoms with Crippen LogP contribution >= 0.6 is 11.3 Å². The van der Waals surface area contributed by atoms with Crippen LogP contribution in [0.5, 0.6) is 0 Å². The predicted molar refractivity (Wildman–Crippen MR) is 45.8 cm³/mol. The van der Waals surface area contributed by atoms with Gasteiger partial charge in [-0.15, -0.1) is 11.3 Å². The van der Waals surface area contributed by atoms with Crippen molar-refractivity contribution >= 4 is 28.5 Å². The van der Waals surface area contributed by atoms with Crippen LogP contribution in [0, 0.1) is 0 Å². The zero-order valence-corrected chi connectivity index (χ0v) is 7.09. The van der Waals surface area contributed by atoms with E-state index in [-0.39, 0.29) is 5.71 Å². The number of nitrogens with zero attached hydrogens (tertiary/aromatic N) is 2. The molecule has 0 saturated heterocycles. The lowest BCUT2D eigenvalue weighted by Gasteiger charge is -1.89. The smallest absolute Gasteiger partial charge is 0.259 e. The van der Waals surface area contributed by atoms with Gasteiger partial charge in [-0.2, -0.15) is 0 Å². The lowest BCUT2D eigenvalue weighted by molar-refractivity contribution is 0.214. The van der Waals surface area contributed by atoms with Crippen molar-refractivity contribution < 1.29 is 9.63 Å². The van der Waals surface area contributed by atoms with E-state index < -0.39 is 0 Å². The van der Waals surface area contributed by atoms with Crippen molar-refractivity contribution in [3.63, 3.8) is 0 Å². The SMILES string of the molecule is CO/N=C(/[C]=O)c1csc(N)n1. The maximum absolute atomic E-state index is 10.3. The molecule has 0 aromatic carbocycles. The minimum absolute atomic E-state index is 0.0189. The zero-order valence-electron chi connectivity index (χ0n) is 6.27. The number of aromatic nitrogens is 1. The third kappa shape index (κ3) is 1.79. The Hall–Kier alpha value is -1.43. The highest BCUT2D eigenvalue weighted by Crippen LogP contribution is 2.11. The van der Waals surface area contributed by atoms with Gasteiger partial charge in [0.1, 0.15) is 12.8 Å². The Bertz CT molecular complexity index is 307. The first-order valence-corrected chi connectivity index (χ1v) is 3.86. The fraction of sp³-hybridized carbons (Fsp3) is 0.167. The largest absolute Gasteiger partial charge is 0.398 e. The third-order valence-electron chi connectivity index (χ3n) is 1.04. The van der Waals surface area contributed by atoms with Gasteiger partial charge in [0.2, 0.25) is 0 Å². The molecule has 1 heterocycles. The Labute approximate surface area is 72.9 Å². The van der Waals surface area contributed by atoms with Crippen molar-refractivity contribution in [2.24, 2.45) is 5.16 Å². The molecule has 5 nitrogen and oxygen atoms in total. The lowest BCUT2D eigenvalue weighted by atomic mass is 10.3. The lowest BCUT2D eigenvalue weighted by Crippen LogP contribution is -2.03. The van der Waals surface area contributed by atoms with Crippen molar-refractivity contribution in [1.29, 1.82) is 0 Å². The van der Waals surface area contributed by atoms with E-state index in [0.717, 1.165) is 0 Å². The molecular weight excluding hydrogens is 178 g/mol. The molecule has 0 spiro atoms. The fourth-order valence-electron chi connectivity index (χ4n) is 0.605. The molecule has 2 N–H and O–H groups in total. The van der Waals surface area contributed by atoms with Gasteiger partial charge in [0.05, 0.1) is 0 Å². The number of hydrogen-bond donors (Lipinski definition) is 1. The van der Waals surface area contributed by atoms with E-state index in [4.69, 9.17) is 5.73 Å². The molecule has 0 aliphatic carbocycles. The van der Waals surface area contributed by atoms with Crippen molar-refractivity contribution in [3.05, 3.63) is 11.1 Å². The van der Waals surface area contributed by atoms with Gasteiger partial charge in [-0.25, -0.2) is 4.98 Å². The highest BCUT2D eigenvalue weighted by atomic mass is 32.1. The van der Waals surface area contributed by atoms with E-state index in [1.165, 1.54) is 18.4 Å². The molecule has 0 aliphatic heterocycles. The van der Waals surface area contributed by atoms with E-state index in [0.29, 0.717) is 10.8 Å². The van der Waals surface area contributed by atoms with E-state index in [1.54, 1.807) is 11.7 Å². The molecule has 0 unspecified atom stereocenters. The van der Waals surface area contributed by atoms with Crippen LogP contribution in [0.25, 0.3) is 0 Å². The number of oxime groups is 1. The summed E-state index contributed by atoms with van der Waals surface area (Å²) in [6.45, 7) is 0. The van der Waals surface area contributed by atoms with Gasteiger partial charge in [0, 0.05) is 5.38 Å². The molecular formula is C6H6N3O2S. The number of thiazole rings is 1. The Kier molecular flexibility index (Phi) is 2.76. The standard InChI is InChI=1S/C6H6N3O2S/c1-11-9-4(2-10)5-3-12-6(7)8-5/h3H,1H3,(H2,7,8)/b9-4-. The topological polar surface area (TPSA) is 77.6 Å². The zero-order chi connectivity index (χ0) is 8.97. The highest BCUT2D eigenvalue weighted by molar-refractivity contribution is 7.13. The Morgan fingerprint density at radius 2 is 2.67 bits per heavy atom. The van der Waals surface area contributed by atoms with Gasteiger partial charge < -0.3 is 10.6 Å². The number of hydrogen-bond acceptors (Lipinski definition) is 6. The Morgan fingerprint density at radius 1 is 1.92 bits per heavy atom. The van der Waals surface area contributed by atoms with Gasteiger partial charge in [0.25, 0.3) is 6.29 Å². The number of carbonyl (C=O) groups excluding carboxylic acids is 1. The summed E-state index contributed by atoms with van der Waals surface area (Å²) in [5, 5.41) is 5.40. The minimum atomic E-state index is 0.0189. The molecule has 1 aromatic rings. The van der Waals surface area contributed by atoms with Crippen LogP contribution < -0.4 is 5.73 Å². The van der Waals surface area contributed by atoms with Crippen LogP contribution in [0.3, 0.4) is 0 Å². The van der Waals surface area contributed by atoms with Crippen LogP contribution in [-0.2, 0) is 9.63 Å². The van der Waals surface area contributed by atoms with E-state index in [9.17, 15) is 4.79 Å². The molecule has 12 heavy (non-hydrogen) atoms. The summed E-state index contributed by atoms with van der Waals surface area (Å²) >= 11 is 1.23. The number of rotatable bonds is 3. The highest BCUT2D eigenvalue weighted by Gasteiger charge is 2.07. The van der Waals surface area contributed by atoms with Gasteiger partial charge in [-0.05, 0) is 0 Å². The van der Waals surface area contributed by atoms with Crippen molar-refractivity contribution in [2.75, 3.05) is 12.8 Å². The monoisotopic (exact) mass is 184 g/mol. The van der Waals surface area contributed by atoms with Crippen LogP contribution in [0.1, 0.15) is 5.69 Å². The summed E-state index contributed by atoms with van der Waals surface area (Å²) in [6.07, 6.45) is 1.60. The van der Waals surface area contributed by atoms with Gasteiger partial charge in [-0.3, -0.25) is 4.79 Å². The molecule has 1 radical (unpaired) electrons. The minimum Gasteiger partial charge on any atom is -0.398 e. The van der Waals surface area contributed by atoms with Crippen LogP contribution in [0.4, 0.5) is 5.13 Å². The van der Waals surface area contributed by atoms with E-state index in [2.05, 4.69) is 15.0 Å². The van der Waals surface area contributed by atoms with Crippen molar-refractivity contribution in [3.8, 4) is 0 Å². The van der Waals surface area contributed by atoms with Crippen molar-refractivity contribution in [1.82, 2.24) is 4.98 Å². The number of nitrogens with two attached hydrogens (primary N) is 1. The first kappa shape index (κ1) is 8.66. The average molecular weight is 184 g/mol. The average Bonchev–Trinajstić information content (AvgIpc) is 2.47. The summed E-state index contributed by atoms with van der Waals surface area (Å²) in [6, 6.07) is 0. The molecule has 63 valence electrons. The molecule has 0 amide bonds. The van der Waals surface area contributed by atoms with Crippen molar-refractivity contribution in [2.45, 2.75) is 0 Å². The normalized spacial score (nSPS) is 11.2. The van der Waals surface area contributed by atoms with Crippen LogP contribution in [-0.4, -0.2) is 24.1 Å². The van der Waals surface area contributed by atoms with Crippen LogP contribution in [0.15, 0.2) is 10.5 Å². The second kappa shape index (κ2) is 3.82. The Morgan fingerprint density at radius 3 is 3.08 bits per heavy atom. The third-order valence-corrected chi connectivity index (χ3v) is 1.72. The van der Waals surface area contributed by atoms with Crippen LogP contribution in [0.2, 0.25) is 0 Å². The van der Waals surface area contributed by atoms with E-state index >= 15 is 0 Å². The first-order chi connectivity index (χ1) is 5.77. The quantitative estimate of drug-likeness (QED) is 0.537. The molecule has 0 saturated carbocycles. The maximum Gasteiger partial charge on any atom is 0.259 e. The molecule has 1 rings (SSSR count). The summed E-state index contributed by atoms with van der Waals surface area (Å²) in [7, 11) is 1.34. The first-order valence-electron chi connectivity index (χ1n) is 2.98.